The summed E-state index contributed by atoms with van der Waals surface area (Å²) in [5.74, 6) is -1.97. The number of hydrogen-bond acceptors (Lipinski definition) is 8. The summed E-state index contributed by atoms with van der Waals surface area (Å²) in [4.78, 5) is 44.8. The number of benzene rings is 2. The summed E-state index contributed by atoms with van der Waals surface area (Å²) in [6.07, 6.45) is 3.02. The van der Waals surface area contributed by atoms with Gasteiger partial charge in [-0.15, -0.1) is 0 Å². The molecule has 1 amide bonds. The molecule has 1 aliphatic rings. The molecule has 0 bridgehead atoms. The van der Waals surface area contributed by atoms with E-state index >= 15 is 0 Å². The van der Waals surface area contributed by atoms with Gasteiger partial charge in [0.2, 0.25) is 0 Å². The zero-order chi connectivity index (χ0) is 26.5. The number of carbonyl (C=O) groups excluding carboxylic acids is 3. The second-order valence-corrected chi connectivity index (χ2v) is 9.54. The van der Waals surface area contributed by atoms with E-state index in [-0.39, 0.29) is 21.3 Å². The van der Waals surface area contributed by atoms with E-state index in [2.05, 4.69) is 11.9 Å². The number of methoxy groups -OCH3 is 1. The fourth-order valence-corrected chi connectivity index (χ4v) is 5.19. The van der Waals surface area contributed by atoms with Gasteiger partial charge in [0.1, 0.15) is 16.4 Å². The van der Waals surface area contributed by atoms with Gasteiger partial charge in [-0.05, 0) is 31.0 Å². The molecule has 2 aromatic carbocycles. The van der Waals surface area contributed by atoms with Crippen molar-refractivity contribution in [1.82, 2.24) is 4.98 Å². The molecular formula is C28H28N2O6S. The average Bonchev–Trinajstić information content (AvgIpc) is 3.43. The number of ketones is 1. The lowest BCUT2D eigenvalue weighted by molar-refractivity contribution is -0.132. The van der Waals surface area contributed by atoms with Gasteiger partial charge in [0, 0.05) is 5.56 Å². The maximum atomic E-state index is 13.4. The number of Topliss-reactive ketones (excluding diaryl/α,β-unsaturated/α-hetero) is 1. The Labute approximate surface area is 219 Å². The van der Waals surface area contributed by atoms with Crippen molar-refractivity contribution in [1.29, 1.82) is 0 Å². The van der Waals surface area contributed by atoms with Gasteiger partial charge in [-0.1, -0.05) is 73.6 Å². The number of rotatable bonds is 9. The van der Waals surface area contributed by atoms with Gasteiger partial charge >= 0.3 is 11.9 Å². The van der Waals surface area contributed by atoms with E-state index < -0.39 is 23.7 Å². The van der Waals surface area contributed by atoms with Crippen LogP contribution in [0.5, 0.6) is 5.75 Å². The number of aliphatic hydroxyl groups is 1. The quantitative estimate of drug-likeness (QED) is 0.132. The van der Waals surface area contributed by atoms with Crippen LogP contribution >= 0.6 is 11.3 Å². The number of unbranched alkanes of at least 4 members (excludes halogenated alkanes) is 2. The minimum atomic E-state index is -0.976. The predicted molar refractivity (Wildman–Crippen MR) is 141 cm³/mol. The van der Waals surface area contributed by atoms with Gasteiger partial charge in [-0.3, -0.25) is 14.5 Å². The highest BCUT2D eigenvalue weighted by Crippen LogP contribution is 2.44. The Morgan fingerprint density at radius 3 is 2.57 bits per heavy atom. The van der Waals surface area contributed by atoms with Crippen LogP contribution < -0.4 is 9.64 Å². The van der Waals surface area contributed by atoms with E-state index in [0.717, 1.165) is 30.6 Å². The number of thiazole rings is 1. The molecule has 8 nitrogen and oxygen atoms in total. The van der Waals surface area contributed by atoms with E-state index in [1.54, 1.807) is 55.5 Å². The molecule has 1 aliphatic heterocycles. The Morgan fingerprint density at radius 2 is 1.86 bits per heavy atom. The Morgan fingerprint density at radius 1 is 1.11 bits per heavy atom. The molecule has 0 spiro atoms. The molecule has 9 heteroatoms. The third kappa shape index (κ3) is 5.27. The number of aryl methyl sites for hydroxylation is 1. The van der Waals surface area contributed by atoms with Crippen LogP contribution in [0.2, 0.25) is 0 Å². The van der Waals surface area contributed by atoms with Crippen LogP contribution in [0.25, 0.3) is 5.76 Å². The monoisotopic (exact) mass is 520 g/mol. The van der Waals surface area contributed by atoms with Gasteiger partial charge in [-0.25, -0.2) is 9.78 Å². The molecule has 4 rings (SSSR count). The van der Waals surface area contributed by atoms with E-state index in [1.165, 1.54) is 12.0 Å². The van der Waals surface area contributed by atoms with Gasteiger partial charge in [0.25, 0.3) is 5.78 Å². The van der Waals surface area contributed by atoms with Gasteiger partial charge < -0.3 is 14.6 Å². The molecule has 0 aliphatic carbocycles. The average molecular weight is 521 g/mol. The summed E-state index contributed by atoms with van der Waals surface area (Å²) in [5, 5.41) is 11.4. The van der Waals surface area contributed by atoms with Crippen molar-refractivity contribution in [2.45, 2.75) is 39.2 Å². The van der Waals surface area contributed by atoms with Crippen LogP contribution in [0.15, 0.2) is 60.2 Å². The lowest BCUT2D eigenvalue weighted by Gasteiger charge is -2.23. The molecule has 0 radical (unpaired) electrons. The fraction of sp³-hybridized carbons (Fsp3) is 0.286. The van der Waals surface area contributed by atoms with Crippen LogP contribution in [0, 0.1) is 6.92 Å². The molecule has 2 heterocycles. The maximum Gasteiger partial charge on any atom is 0.350 e. The van der Waals surface area contributed by atoms with Crippen molar-refractivity contribution in [2.24, 2.45) is 0 Å². The number of aliphatic hydroxyl groups excluding tert-OH is 1. The topological polar surface area (TPSA) is 106 Å². The van der Waals surface area contributed by atoms with Crippen molar-refractivity contribution in [3.63, 3.8) is 0 Å². The standard InChI is InChI=1S/C28H28N2O6S/c1-4-5-9-15-36-20-14-10-13-19(16-20)22-21(23(31)18-11-7-6-8-12-18)24(32)26(33)30(22)28-29-17(2)25(37-28)27(34)35-3/h6-8,10-14,16,22,31H,4-5,9,15H2,1-3H3/b23-21+. The molecular weight excluding hydrogens is 492 g/mol. The van der Waals surface area contributed by atoms with Crippen LogP contribution in [0.1, 0.15) is 58.7 Å². The Balaban J connectivity index is 1.84. The summed E-state index contributed by atoms with van der Waals surface area (Å²) in [5.41, 5.74) is 1.29. The molecule has 1 fully saturated rings. The summed E-state index contributed by atoms with van der Waals surface area (Å²) in [6, 6.07) is 14.7. The first-order chi connectivity index (χ1) is 17.9. The normalized spacial score (nSPS) is 16.7. The number of nitrogens with zero attached hydrogens (tertiary/aromatic N) is 2. The summed E-state index contributed by atoms with van der Waals surface area (Å²) in [7, 11) is 1.26. The lowest BCUT2D eigenvalue weighted by atomic mass is 9.95. The third-order valence-electron chi connectivity index (χ3n) is 6.04. The van der Waals surface area contributed by atoms with Crippen molar-refractivity contribution in [2.75, 3.05) is 18.6 Å². The summed E-state index contributed by atoms with van der Waals surface area (Å²) < 4.78 is 10.7. The Kier molecular flexibility index (Phi) is 8.03. The third-order valence-corrected chi connectivity index (χ3v) is 7.18. The van der Waals surface area contributed by atoms with Gasteiger partial charge in [-0.2, -0.15) is 0 Å². The number of ether oxygens (including phenoxy) is 2. The zero-order valence-corrected chi connectivity index (χ0v) is 21.7. The summed E-state index contributed by atoms with van der Waals surface area (Å²) >= 11 is 0.959. The van der Waals surface area contributed by atoms with E-state index in [0.29, 0.717) is 29.2 Å². The maximum absolute atomic E-state index is 13.4. The smallest absolute Gasteiger partial charge is 0.350 e. The molecule has 1 saturated heterocycles. The molecule has 3 aromatic rings. The zero-order valence-electron chi connectivity index (χ0n) is 20.9. The predicted octanol–water partition coefficient (Wildman–Crippen LogP) is 5.43. The van der Waals surface area contributed by atoms with Gasteiger partial charge in [0.15, 0.2) is 5.13 Å². The van der Waals surface area contributed by atoms with E-state index in [4.69, 9.17) is 9.47 Å². The minimum absolute atomic E-state index is 0.0631. The fourth-order valence-electron chi connectivity index (χ4n) is 4.18. The number of aromatic nitrogens is 1. The van der Waals surface area contributed by atoms with Crippen LogP contribution in [0.3, 0.4) is 0 Å². The molecule has 192 valence electrons. The number of anilines is 1. The molecule has 1 unspecified atom stereocenters. The first kappa shape index (κ1) is 26.1. The second kappa shape index (κ2) is 11.4. The highest BCUT2D eigenvalue weighted by atomic mass is 32.1. The lowest BCUT2D eigenvalue weighted by Crippen LogP contribution is -2.29. The molecule has 1 N–H and O–H groups in total. The number of carbonyl (C=O) groups is 3. The SMILES string of the molecule is CCCCCOc1cccc(C2/C(=C(\O)c3ccccc3)C(=O)C(=O)N2c2nc(C)c(C(=O)OC)s2)c1. The van der Waals surface area contributed by atoms with Crippen molar-refractivity contribution in [3.05, 3.63) is 81.9 Å². The largest absolute Gasteiger partial charge is 0.507 e. The van der Waals surface area contributed by atoms with Crippen molar-refractivity contribution < 1.29 is 29.0 Å². The van der Waals surface area contributed by atoms with Crippen molar-refractivity contribution >= 4 is 39.9 Å². The minimum Gasteiger partial charge on any atom is -0.507 e. The second-order valence-electron chi connectivity index (χ2n) is 8.57. The van der Waals surface area contributed by atoms with E-state index in [1.807, 2.05) is 6.07 Å². The highest BCUT2D eigenvalue weighted by molar-refractivity contribution is 7.17. The van der Waals surface area contributed by atoms with Crippen LogP contribution in [-0.2, 0) is 14.3 Å². The Hall–Kier alpha value is -3.98. The molecule has 37 heavy (non-hydrogen) atoms. The number of hydrogen-bond donors (Lipinski definition) is 1. The first-order valence-corrected chi connectivity index (χ1v) is 12.8. The molecule has 0 saturated carbocycles. The van der Waals surface area contributed by atoms with Crippen LogP contribution in [-0.4, -0.2) is 41.5 Å². The van der Waals surface area contributed by atoms with Crippen molar-refractivity contribution in [3.8, 4) is 5.75 Å². The number of amides is 1. The summed E-state index contributed by atoms with van der Waals surface area (Å²) in [6.45, 7) is 4.28. The Bertz CT molecular complexity index is 1350. The molecule has 1 atom stereocenters. The van der Waals surface area contributed by atoms with Gasteiger partial charge in [0.05, 0.1) is 31.0 Å². The number of esters is 1. The molecule has 1 aromatic heterocycles. The highest BCUT2D eigenvalue weighted by Gasteiger charge is 2.48. The van der Waals surface area contributed by atoms with E-state index in [9.17, 15) is 19.5 Å². The van der Waals surface area contributed by atoms with Crippen LogP contribution in [0.4, 0.5) is 5.13 Å². The first-order valence-electron chi connectivity index (χ1n) is 12.0.